The van der Waals surface area contributed by atoms with Crippen molar-refractivity contribution in [2.45, 2.75) is 334 Å². The summed E-state index contributed by atoms with van der Waals surface area (Å²) < 4.78 is 61.2. The summed E-state index contributed by atoms with van der Waals surface area (Å²) in [6.07, 6.45) is 103. The van der Waals surface area contributed by atoms with Crippen molar-refractivity contribution < 1.29 is 75.8 Å². The van der Waals surface area contributed by atoms with Gasteiger partial charge in [0.05, 0.1) is 26.4 Å². The number of rotatable bonds is 77. The maximum absolute atomic E-state index is 13.0. The second kappa shape index (κ2) is 80.4. The number of hydrogen-bond acceptors (Lipinski definition) is 14. The molecule has 0 saturated heterocycles. The van der Waals surface area contributed by atoms with E-state index in [1.54, 1.807) is 0 Å². The third-order valence-corrected chi connectivity index (χ3v) is 18.8. The van der Waals surface area contributed by atoms with Crippen LogP contribution in [0.4, 0.5) is 0 Å². The van der Waals surface area contributed by atoms with Gasteiger partial charge in [-0.3, -0.25) is 32.5 Å². The highest BCUT2D eigenvalue weighted by atomic mass is 31.2. The van der Waals surface area contributed by atoms with Crippen LogP contribution in [-0.2, 0) is 55.8 Å². The van der Waals surface area contributed by atoms with Crippen molar-refractivity contribution in [1.82, 2.24) is 0 Å². The molecule has 4 N–H and O–H groups in total. The molecular formula is C89H148O16P2. The molecule has 0 aromatic heterocycles. The monoisotopic (exact) mass is 1540 g/mol. The number of ether oxygens (including phenoxy) is 3. The van der Waals surface area contributed by atoms with Crippen molar-refractivity contribution in [3.63, 3.8) is 0 Å². The summed E-state index contributed by atoms with van der Waals surface area (Å²) in [7, 11) is -9.82. The predicted octanol–water partition coefficient (Wildman–Crippen LogP) is 24.8. The lowest BCUT2D eigenvalue weighted by Gasteiger charge is -2.21. The van der Waals surface area contributed by atoms with Crippen molar-refractivity contribution in [2.75, 3.05) is 39.6 Å². The topological polar surface area (TPSA) is 231 Å². The van der Waals surface area contributed by atoms with Crippen molar-refractivity contribution in [2.24, 2.45) is 0 Å². The van der Waals surface area contributed by atoms with Crippen LogP contribution in [0.15, 0.2) is 170 Å². The lowest BCUT2D eigenvalue weighted by atomic mass is 10.0. The summed E-state index contributed by atoms with van der Waals surface area (Å²) >= 11 is 0. The Labute approximate surface area is 650 Å². The molecule has 0 fully saturated rings. The summed E-state index contributed by atoms with van der Waals surface area (Å²) in [6, 6.07) is 0. The molecule has 0 radical (unpaired) electrons. The van der Waals surface area contributed by atoms with Gasteiger partial charge in [0.2, 0.25) is 0 Å². The Hall–Kier alpha value is -5.09. The Balaban J connectivity index is 4.56. The molecular weight excluding hydrogens is 1390 g/mol. The first-order chi connectivity index (χ1) is 52.2. The molecule has 0 aromatic carbocycles. The zero-order valence-electron chi connectivity index (χ0n) is 66.7. The van der Waals surface area contributed by atoms with Gasteiger partial charge in [0, 0.05) is 19.3 Å². The number of carbonyl (C=O) groups is 3. The van der Waals surface area contributed by atoms with Crippen LogP contribution < -0.4 is 0 Å². The van der Waals surface area contributed by atoms with Gasteiger partial charge in [-0.15, -0.1) is 0 Å². The molecule has 18 heteroatoms. The Bertz CT molecular complexity index is 2620. The zero-order valence-corrected chi connectivity index (χ0v) is 68.5. The van der Waals surface area contributed by atoms with Crippen molar-refractivity contribution in [3.8, 4) is 0 Å². The Morgan fingerprint density at radius 1 is 0.262 bits per heavy atom. The van der Waals surface area contributed by atoms with E-state index in [9.17, 15) is 43.5 Å². The molecule has 0 spiro atoms. The number of hydrogen-bond donors (Lipinski definition) is 4. The van der Waals surface area contributed by atoms with Crippen LogP contribution in [-0.4, -0.2) is 95.9 Å². The standard InChI is InChI=1S/C89H148O16P2/c1-4-7-10-13-16-19-22-25-28-31-33-35-37-38-39-40-41-42-43-44-46-48-49-52-54-57-60-63-66-69-72-75-87(92)99-78-84(90)79-101-106(95,96)102-80-85(91)81-103-107(97,98)104-83-86(105-89(94)77-74-71-68-65-62-59-56-51-30-27-24-21-18-15-12-9-6-3)82-100-88(93)76-73-70-67-64-61-58-55-53-50-47-45-36-34-32-29-26-23-20-17-14-11-8-5-2/h7-12,16-21,25-30,33-36,38-39,47,50,56,59,84-86,90-91H,4-6,13-15,22-24,31-32,37,40-46,48-49,51-55,57-58,60-83H2,1-3H3,(H,95,96)(H,97,98)/b10-7-,11-8-,12-9-,19-16-,20-17-,21-18-,28-25-,29-26-,30-27-,35-33-,36-34-,39-38-,50-47-,59-56-. The SMILES string of the molecule is CC/C=C\C/C=C\C/C=C\C/C=C\C/C=C\CCCCCCCCCCCCCCCCCC(=O)OCC(O)COP(=O)(O)OCC(O)COP(=O)(O)OCC(COC(=O)CCCCCCCCC/C=C\C/C=C\C/C=C\C/C=C\C/C=C\CC)OC(=O)CCCCCC/C=C\C/C=C\C/C=C\C/C=C\CC. The molecule has 0 bridgehead atoms. The highest BCUT2D eigenvalue weighted by Gasteiger charge is 2.29. The molecule has 5 unspecified atom stereocenters. The molecule has 0 aliphatic rings. The van der Waals surface area contributed by atoms with E-state index < -0.39 is 91.5 Å². The smallest absolute Gasteiger partial charge is 0.463 e. The van der Waals surface area contributed by atoms with Gasteiger partial charge in [0.25, 0.3) is 0 Å². The molecule has 16 nitrogen and oxygen atoms in total. The first-order valence-electron chi connectivity index (χ1n) is 41.4. The van der Waals surface area contributed by atoms with E-state index in [2.05, 4.69) is 191 Å². The highest BCUT2D eigenvalue weighted by Crippen LogP contribution is 2.45. The third kappa shape index (κ3) is 81.7. The second-order valence-electron chi connectivity index (χ2n) is 27.1. The molecule has 0 saturated carbocycles. The Kier molecular flexibility index (Phi) is 76.6. The van der Waals surface area contributed by atoms with Crippen molar-refractivity contribution in [1.29, 1.82) is 0 Å². The van der Waals surface area contributed by atoms with Gasteiger partial charge in [0.15, 0.2) is 6.10 Å². The van der Waals surface area contributed by atoms with Crippen LogP contribution in [0.1, 0.15) is 316 Å². The van der Waals surface area contributed by atoms with Crippen LogP contribution in [0.25, 0.3) is 0 Å². The van der Waals surface area contributed by atoms with E-state index in [1.807, 2.05) is 0 Å². The number of aliphatic hydroxyl groups is 2. The predicted molar refractivity (Wildman–Crippen MR) is 445 cm³/mol. The van der Waals surface area contributed by atoms with E-state index in [1.165, 1.54) is 77.0 Å². The van der Waals surface area contributed by atoms with Crippen LogP contribution in [0.3, 0.4) is 0 Å². The first kappa shape index (κ1) is 102. The summed E-state index contributed by atoms with van der Waals surface area (Å²) in [5, 5.41) is 20.7. The van der Waals surface area contributed by atoms with Crippen LogP contribution >= 0.6 is 15.6 Å². The molecule has 107 heavy (non-hydrogen) atoms. The molecule has 0 aliphatic heterocycles. The van der Waals surface area contributed by atoms with Gasteiger partial charge in [0.1, 0.15) is 25.4 Å². The quantitative estimate of drug-likeness (QED) is 0.0146. The average Bonchev–Trinajstić information content (AvgIpc) is 0.909. The number of phosphoric acid groups is 2. The van der Waals surface area contributed by atoms with Gasteiger partial charge in [-0.05, 0) is 148 Å². The minimum absolute atomic E-state index is 0.0686. The summed E-state index contributed by atoms with van der Waals surface area (Å²) in [5.41, 5.74) is 0. The molecule has 5 atom stereocenters. The largest absolute Gasteiger partial charge is 0.472 e. The molecule has 0 rings (SSSR count). The fourth-order valence-corrected chi connectivity index (χ4v) is 12.3. The van der Waals surface area contributed by atoms with Crippen LogP contribution in [0.2, 0.25) is 0 Å². The van der Waals surface area contributed by atoms with Crippen molar-refractivity contribution >= 4 is 33.6 Å². The zero-order chi connectivity index (χ0) is 78.0. The number of aliphatic hydroxyl groups excluding tert-OH is 2. The number of unbranched alkanes of at least 4 members (excludes halogenated alkanes) is 26. The Morgan fingerprint density at radius 2 is 0.467 bits per heavy atom. The maximum atomic E-state index is 13.0. The molecule has 0 aliphatic carbocycles. The van der Waals surface area contributed by atoms with E-state index in [4.69, 9.17) is 32.3 Å². The van der Waals surface area contributed by atoms with E-state index >= 15 is 0 Å². The highest BCUT2D eigenvalue weighted by molar-refractivity contribution is 7.47. The van der Waals surface area contributed by atoms with E-state index in [0.717, 1.165) is 180 Å². The van der Waals surface area contributed by atoms with Gasteiger partial charge >= 0.3 is 33.6 Å². The minimum Gasteiger partial charge on any atom is -0.463 e. The van der Waals surface area contributed by atoms with E-state index in [0.29, 0.717) is 19.3 Å². The van der Waals surface area contributed by atoms with E-state index in [-0.39, 0.29) is 19.3 Å². The summed E-state index contributed by atoms with van der Waals surface area (Å²) in [4.78, 5) is 58.8. The summed E-state index contributed by atoms with van der Waals surface area (Å²) in [6.45, 7) is 2.30. The van der Waals surface area contributed by atoms with Gasteiger partial charge in [-0.25, -0.2) is 9.13 Å². The third-order valence-electron chi connectivity index (χ3n) is 16.9. The molecule has 0 amide bonds. The number of esters is 3. The van der Waals surface area contributed by atoms with Gasteiger partial charge in [-0.1, -0.05) is 319 Å². The molecule has 0 aromatic rings. The number of phosphoric ester groups is 2. The number of carbonyl (C=O) groups excluding carboxylic acids is 3. The average molecular weight is 1540 g/mol. The molecule has 0 heterocycles. The van der Waals surface area contributed by atoms with Crippen LogP contribution in [0.5, 0.6) is 0 Å². The lowest BCUT2D eigenvalue weighted by Crippen LogP contribution is -2.30. The maximum Gasteiger partial charge on any atom is 0.472 e. The Morgan fingerprint density at radius 3 is 0.738 bits per heavy atom. The van der Waals surface area contributed by atoms with Gasteiger partial charge in [-0.2, -0.15) is 0 Å². The fourth-order valence-electron chi connectivity index (χ4n) is 10.7. The van der Waals surface area contributed by atoms with Gasteiger partial charge < -0.3 is 34.2 Å². The summed E-state index contributed by atoms with van der Waals surface area (Å²) in [5.74, 6) is -1.62. The fraction of sp³-hybridized carbons (Fsp3) is 0.652. The molecule has 610 valence electrons. The minimum atomic E-state index is -4.95. The van der Waals surface area contributed by atoms with Crippen LogP contribution in [0, 0.1) is 0 Å². The normalized spacial score (nSPS) is 14.8. The van der Waals surface area contributed by atoms with Crippen molar-refractivity contribution in [3.05, 3.63) is 170 Å². The second-order valence-corrected chi connectivity index (χ2v) is 30.0. The first-order valence-corrected chi connectivity index (χ1v) is 44.4. The number of allylic oxidation sites excluding steroid dienone is 28. The lowest BCUT2D eigenvalue weighted by molar-refractivity contribution is -0.161.